The Balaban J connectivity index is 2.08. The van der Waals surface area contributed by atoms with Gasteiger partial charge in [-0.1, -0.05) is 35.3 Å². The van der Waals surface area contributed by atoms with Gasteiger partial charge in [-0.3, -0.25) is 14.9 Å². The molecule has 8 heteroatoms. The molecule has 0 saturated heterocycles. The number of carbonyl (C=O) groups excluding carboxylic acids is 1. The molecule has 0 aliphatic carbocycles. The molecule has 22 heavy (non-hydrogen) atoms. The fraction of sp³-hybridized carbons (Fsp3) is 0. The lowest BCUT2D eigenvalue weighted by Crippen LogP contribution is -2.17. The lowest BCUT2D eigenvalue weighted by molar-refractivity contribution is -0.384. The van der Waals surface area contributed by atoms with Crippen LogP contribution >= 0.6 is 23.2 Å². The van der Waals surface area contributed by atoms with Gasteiger partial charge in [0.2, 0.25) is 0 Å². The molecule has 1 N–H and O–H groups in total. The molecule has 1 amide bonds. The molecule has 0 atom stereocenters. The molecule has 0 spiro atoms. The lowest BCUT2D eigenvalue weighted by Gasteiger charge is -2.01. The number of hydrogen-bond donors (Lipinski definition) is 1. The molecular formula is C14H9Cl2N3O3. The van der Waals surface area contributed by atoms with Crippen LogP contribution in [-0.4, -0.2) is 17.0 Å². The number of nitrogens with zero attached hydrogens (tertiary/aromatic N) is 2. The number of hydrazone groups is 1. The van der Waals surface area contributed by atoms with Crippen molar-refractivity contribution in [2.24, 2.45) is 5.10 Å². The first-order chi connectivity index (χ1) is 10.5. The predicted molar refractivity (Wildman–Crippen MR) is 84.6 cm³/mol. The van der Waals surface area contributed by atoms with Crippen LogP contribution in [0.4, 0.5) is 5.69 Å². The Labute approximate surface area is 135 Å². The van der Waals surface area contributed by atoms with Crippen LogP contribution in [0.2, 0.25) is 10.0 Å². The minimum Gasteiger partial charge on any atom is -0.267 e. The number of amides is 1. The molecule has 0 radical (unpaired) electrons. The highest BCUT2D eigenvalue weighted by Crippen LogP contribution is 2.19. The highest BCUT2D eigenvalue weighted by atomic mass is 35.5. The number of rotatable bonds is 4. The molecule has 2 aromatic rings. The summed E-state index contributed by atoms with van der Waals surface area (Å²) in [6, 6.07) is 10.2. The van der Waals surface area contributed by atoms with E-state index in [1.165, 1.54) is 30.5 Å². The Morgan fingerprint density at radius 1 is 1.23 bits per heavy atom. The van der Waals surface area contributed by atoms with E-state index in [1.807, 2.05) is 0 Å². The first-order valence-corrected chi connectivity index (χ1v) is 6.76. The Morgan fingerprint density at radius 2 is 2.00 bits per heavy atom. The van der Waals surface area contributed by atoms with E-state index in [1.54, 1.807) is 18.2 Å². The molecule has 6 nitrogen and oxygen atoms in total. The maximum Gasteiger partial charge on any atom is 0.271 e. The fourth-order valence-electron chi connectivity index (χ4n) is 1.59. The number of nitrogens with one attached hydrogen (secondary N) is 1. The van der Waals surface area contributed by atoms with Gasteiger partial charge in [0.1, 0.15) is 0 Å². The van der Waals surface area contributed by atoms with Crippen molar-refractivity contribution in [3.05, 3.63) is 73.8 Å². The summed E-state index contributed by atoms with van der Waals surface area (Å²) in [5.41, 5.74) is 2.81. The van der Waals surface area contributed by atoms with Gasteiger partial charge in [-0.15, -0.1) is 0 Å². The Kier molecular flexibility index (Phi) is 5.08. The highest BCUT2D eigenvalue weighted by molar-refractivity contribution is 6.36. The Bertz CT molecular complexity index is 763. The maximum absolute atomic E-state index is 11.8. The smallest absolute Gasteiger partial charge is 0.267 e. The average molecular weight is 338 g/mol. The molecule has 2 rings (SSSR count). The van der Waals surface area contributed by atoms with E-state index in [2.05, 4.69) is 10.5 Å². The van der Waals surface area contributed by atoms with Gasteiger partial charge in [0, 0.05) is 28.3 Å². The molecular weight excluding hydrogens is 329 g/mol. The summed E-state index contributed by atoms with van der Waals surface area (Å²) < 4.78 is 0. The molecule has 0 aliphatic rings. The van der Waals surface area contributed by atoms with Crippen LogP contribution in [0.1, 0.15) is 15.9 Å². The lowest BCUT2D eigenvalue weighted by atomic mass is 10.2. The van der Waals surface area contributed by atoms with E-state index in [0.29, 0.717) is 15.6 Å². The summed E-state index contributed by atoms with van der Waals surface area (Å²) in [4.78, 5) is 21.9. The Morgan fingerprint density at radius 3 is 2.68 bits per heavy atom. The van der Waals surface area contributed by atoms with Crippen molar-refractivity contribution in [2.75, 3.05) is 0 Å². The summed E-state index contributed by atoms with van der Waals surface area (Å²) in [5, 5.41) is 15.3. The van der Waals surface area contributed by atoms with Gasteiger partial charge in [0.25, 0.3) is 11.6 Å². The minimum absolute atomic E-state index is 0.133. The van der Waals surface area contributed by atoms with E-state index in [9.17, 15) is 14.9 Å². The van der Waals surface area contributed by atoms with Crippen LogP contribution in [0, 0.1) is 10.1 Å². The third kappa shape index (κ3) is 4.03. The zero-order valence-electron chi connectivity index (χ0n) is 11.0. The van der Waals surface area contributed by atoms with E-state index < -0.39 is 10.8 Å². The third-order valence-corrected chi connectivity index (χ3v) is 3.21. The summed E-state index contributed by atoms with van der Waals surface area (Å²) in [5.74, 6) is -0.565. The van der Waals surface area contributed by atoms with E-state index in [0.717, 1.165) is 0 Å². The zero-order valence-corrected chi connectivity index (χ0v) is 12.5. The molecule has 0 fully saturated rings. The van der Waals surface area contributed by atoms with Crippen molar-refractivity contribution in [3.63, 3.8) is 0 Å². The molecule has 0 aromatic heterocycles. The van der Waals surface area contributed by atoms with Crippen LogP contribution in [0.15, 0.2) is 47.6 Å². The zero-order chi connectivity index (χ0) is 16.1. The van der Waals surface area contributed by atoms with Gasteiger partial charge in [0.15, 0.2) is 0 Å². The van der Waals surface area contributed by atoms with Gasteiger partial charge in [-0.2, -0.15) is 5.10 Å². The number of benzene rings is 2. The summed E-state index contributed by atoms with van der Waals surface area (Å²) in [6.07, 6.45) is 1.36. The first kappa shape index (κ1) is 15.9. The summed E-state index contributed by atoms with van der Waals surface area (Å²) in [7, 11) is 0. The molecule has 0 aliphatic heterocycles. The molecule has 2 aromatic carbocycles. The molecule has 0 saturated carbocycles. The molecule has 0 unspecified atom stereocenters. The average Bonchev–Trinajstić information content (AvgIpc) is 2.49. The van der Waals surface area contributed by atoms with Crippen molar-refractivity contribution < 1.29 is 9.72 Å². The predicted octanol–water partition coefficient (Wildman–Crippen LogP) is 3.67. The van der Waals surface area contributed by atoms with Gasteiger partial charge >= 0.3 is 0 Å². The summed E-state index contributed by atoms with van der Waals surface area (Å²) >= 11 is 11.7. The number of hydrogen-bond acceptors (Lipinski definition) is 4. The molecule has 0 heterocycles. The van der Waals surface area contributed by atoms with Gasteiger partial charge in [-0.25, -0.2) is 5.43 Å². The normalized spacial score (nSPS) is 10.6. The van der Waals surface area contributed by atoms with E-state index in [-0.39, 0.29) is 11.3 Å². The second-order valence-electron chi connectivity index (χ2n) is 4.17. The van der Waals surface area contributed by atoms with Crippen molar-refractivity contribution in [3.8, 4) is 0 Å². The minimum atomic E-state index is -0.576. The molecule has 0 bridgehead atoms. The number of nitro benzene ring substituents is 1. The van der Waals surface area contributed by atoms with Crippen molar-refractivity contribution >= 4 is 41.0 Å². The third-order valence-electron chi connectivity index (χ3n) is 2.65. The van der Waals surface area contributed by atoms with Gasteiger partial charge in [-0.05, 0) is 18.2 Å². The van der Waals surface area contributed by atoms with Crippen molar-refractivity contribution in [1.29, 1.82) is 0 Å². The SMILES string of the molecule is O=C(N/N=C/c1ccc(Cl)cc1Cl)c1cccc([N+](=O)[O-])c1. The Hall–Kier alpha value is -2.44. The topological polar surface area (TPSA) is 84.6 Å². The largest absolute Gasteiger partial charge is 0.271 e. The van der Waals surface area contributed by atoms with Crippen LogP contribution in [0.5, 0.6) is 0 Å². The van der Waals surface area contributed by atoms with Crippen LogP contribution in [0.25, 0.3) is 0 Å². The standard InChI is InChI=1S/C14H9Cl2N3O3/c15-11-5-4-10(13(16)7-11)8-17-18-14(20)9-2-1-3-12(6-9)19(21)22/h1-8H,(H,18,20)/b17-8+. The molecule has 112 valence electrons. The van der Waals surface area contributed by atoms with Crippen LogP contribution in [-0.2, 0) is 0 Å². The first-order valence-electron chi connectivity index (χ1n) is 6.00. The van der Waals surface area contributed by atoms with Gasteiger partial charge < -0.3 is 0 Å². The second-order valence-corrected chi connectivity index (χ2v) is 5.02. The van der Waals surface area contributed by atoms with E-state index >= 15 is 0 Å². The maximum atomic E-state index is 11.8. The van der Waals surface area contributed by atoms with Crippen molar-refractivity contribution in [2.45, 2.75) is 0 Å². The number of nitro groups is 1. The highest BCUT2D eigenvalue weighted by Gasteiger charge is 2.10. The quantitative estimate of drug-likeness (QED) is 0.524. The van der Waals surface area contributed by atoms with Crippen LogP contribution < -0.4 is 5.43 Å². The fourth-order valence-corrected chi connectivity index (χ4v) is 2.05. The number of carbonyl (C=O) groups is 1. The number of non-ortho nitro benzene ring substituents is 1. The summed E-state index contributed by atoms with van der Waals surface area (Å²) in [6.45, 7) is 0. The van der Waals surface area contributed by atoms with Crippen molar-refractivity contribution in [1.82, 2.24) is 5.43 Å². The van der Waals surface area contributed by atoms with Gasteiger partial charge in [0.05, 0.1) is 16.2 Å². The monoisotopic (exact) mass is 337 g/mol. The van der Waals surface area contributed by atoms with Crippen LogP contribution in [0.3, 0.4) is 0 Å². The number of halogens is 2. The van der Waals surface area contributed by atoms with E-state index in [4.69, 9.17) is 23.2 Å². The second kappa shape index (κ2) is 7.02.